The van der Waals surface area contributed by atoms with Crippen LogP contribution in [0.5, 0.6) is 0 Å². The average molecular weight is 323 g/mol. The summed E-state index contributed by atoms with van der Waals surface area (Å²) in [5, 5.41) is 10.3. The molecule has 1 aliphatic heterocycles. The Kier molecular flexibility index (Phi) is 4.52. The van der Waals surface area contributed by atoms with Gasteiger partial charge >= 0.3 is 0 Å². The van der Waals surface area contributed by atoms with Crippen LogP contribution >= 0.6 is 23.4 Å². The number of rotatable bonds is 3. The zero-order chi connectivity index (χ0) is 14.8. The molecule has 0 fully saturated rings. The molecule has 3 rings (SSSR count). The van der Waals surface area contributed by atoms with Crippen molar-refractivity contribution in [2.75, 3.05) is 0 Å². The summed E-state index contributed by atoms with van der Waals surface area (Å²) < 4.78 is 2.24. The molecule has 1 atom stereocenters. The Hall–Kier alpha value is -1.04. The topological polar surface area (TPSA) is 56.7 Å². The lowest BCUT2D eigenvalue weighted by atomic mass is 10.1. The van der Waals surface area contributed by atoms with Gasteiger partial charge in [-0.25, -0.2) is 0 Å². The van der Waals surface area contributed by atoms with Crippen LogP contribution in [0.4, 0.5) is 0 Å². The number of fused-ring (bicyclic) bond motifs is 1. The highest BCUT2D eigenvalue weighted by molar-refractivity contribution is 7.99. The molecular weight excluding hydrogens is 304 g/mol. The van der Waals surface area contributed by atoms with Crippen molar-refractivity contribution < 1.29 is 0 Å². The lowest BCUT2D eigenvalue weighted by Gasteiger charge is -2.10. The Morgan fingerprint density at radius 2 is 2.14 bits per heavy atom. The van der Waals surface area contributed by atoms with E-state index in [4.69, 9.17) is 17.3 Å². The summed E-state index contributed by atoms with van der Waals surface area (Å²) in [6.45, 7) is 2.95. The summed E-state index contributed by atoms with van der Waals surface area (Å²) in [6.07, 6.45) is 4.70. The number of aryl methyl sites for hydroxylation is 1. The fourth-order valence-electron chi connectivity index (χ4n) is 2.58. The van der Waals surface area contributed by atoms with E-state index in [-0.39, 0.29) is 6.04 Å². The zero-order valence-corrected chi connectivity index (χ0v) is 13.6. The minimum absolute atomic E-state index is 0.0547. The van der Waals surface area contributed by atoms with E-state index in [1.165, 1.54) is 19.3 Å². The summed E-state index contributed by atoms with van der Waals surface area (Å²) in [6, 6.07) is 5.95. The molecule has 1 aromatic heterocycles. The van der Waals surface area contributed by atoms with Gasteiger partial charge in [0.2, 0.25) is 0 Å². The number of nitrogens with two attached hydrogens (primary N) is 1. The van der Waals surface area contributed by atoms with E-state index in [9.17, 15) is 0 Å². The molecule has 112 valence electrons. The molecule has 0 amide bonds. The molecule has 0 saturated carbocycles. The van der Waals surface area contributed by atoms with Crippen molar-refractivity contribution in [1.82, 2.24) is 14.8 Å². The molecule has 1 aliphatic rings. The number of nitrogens with zero attached hydrogens (tertiary/aromatic N) is 3. The Bertz CT molecular complexity index is 639. The highest BCUT2D eigenvalue weighted by Crippen LogP contribution is 2.32. The monoisotopic (exact) mass is 322 g/mol. The normalized spacial score (nSPS) is 16.3. The van der Waals surface area contributed by atoms with Gasteiger partial charge in [-0.3, -0.25) is 0 Å². The van der Waals surface area contributed by atoms with Gasteiger partial charge in [0, 0.05) is 28.9 Å². The summed E-state index contributed by atoms with van der Waals surface area (Å²) in [4.78, 5) is 1.07. The molecule has 2 N–H and O–H groups in total. The lowest BCUT2D eigenvalue weighted by molar-refractivity contribution is 0.591. The van der Waals surface area contributed by atoms with Crippen LogP contribution in [0.25, 0.3) is 0 Å². The smallest absolute Gasteiger partial charge is 0.196 e. The van der Waals surface area contributed by atoms with Crippen molar-refractivity contribution >= 4 is 23.4 Å². The van der Waals surface area contributed by atoms with Crippen molar-refractivity contribution in [2.24, 2.45) is 5.73 Å². The third kappa shape index (κ3) is 3.25. The number of hydrogen-bond donors (Lipinski definition) is 1. The van der Waals surface area contributed by atoms with Crippen molar-refractivity contribution in [1.29, 1.82) is 0 Å². The molecular formula is C15H19ClN4S. The first-order valence-corrected chi connectivity index (χ1v) is 8.49. The lowest BCUT2D eigenvalue weighted by Crippen LogP contribution is -2.05. The summed E-state index contributed by atoms with van der Waals surface area (Å²) >= 11 is 7.91. The van der Waals surface area contributed by atoms with Gasteiger partial charge in [-0.15, -0.1) is 10.2 Å². The molecule has 0 saturated heterocycles. The van der Waals surface area contributed by atoms with Crippen LogP contribution in [0.15, 0.2) is 28.3 Å². The Labute approximate surface area is 134 Å². The maximum atomic E-state index is 6.30. The second-order valence-electron chi connectivity index (χ2n) is 5.44. The van der Waals surface area contributed by atoms with Gasteiger partial charge < -0.3 is 10.3 Å². The minimum Gasteiger partial charge on any atom is -0.324 e. The van der Waals surface area contributed by atoms with Crippen LogP contribution < -0.4 is 5.73 Å². The van der Waals surface area contributed by atoms with E-state index in [2.05, 4.69) is 14.8 Å². The first-order chi connectivity index (χ1) is 10.1. The Morgan fingerprint density at radius 3 is 2.90 bits per heavy atom. The van der Waals surface area contributed by atoms with Crippen LogP contribution in [0.3, 0.4) is 0 Å². The second-order valence-corrected chi connectivity index (χ2v) is 6.88. The number of benzene rings is 1. The molecule has 6 heteroatoms. The van der Waals surface area contributed by atoms with Crippen LogP contribution in [-0.2, 0) is 13.0 Å². The second kappa shape index (κ2) is 6.38. The first-order valence-electron chi connectivity index (χ1n) is 7.30. The van der Waals surface area contributed by atoms with E-state index < -0.39 is 0 Å². The van der Waals surface area contributed by atoms with Gasteiger partial charge in [-0.1, -0.05) is 24.1 Å². The third-order valence-electron chi connectivity index (χ3n) is 3.75. The fourth-order valence-corrected chi connectivity index (χ4v) is 3.91. The summed E-state index contributed by atoms with van der Waals surface area (Å²) in [5.41, 5.74) is 6.86. The van der Waals surface area contributed by atoms with E-state index >= 15 is 0 Å². The maximum Gasteiger partial charge on any atom is 0.196 e. The molecule has 0 radical (unpaired) electrons. The van der Waals surface area contributed by atoms with Crippen molar-refractivity contribution in [3.05, 3.63) is 34.6 Å². The predicted molar refractivity (Wildman–Crippen MR) is 85.8 cm³/mol. The highest BCUT2D eigenvalue weighted by atomic mass is 35.5. The van der Waals surface area contributed by atoms with Crippen molar-refractivity contribution in [3.8, 4) is 0 Å². The van der Waals surface area contributed by atoms with Gasteiger partial charge in [0.1, 0.15) is 5.82 Å². The van der Waals surface area contributed by atoms with Crippen molar-refractivity contribution in [2.45, 2.75) is 55.2 Å². The summed E-state index contributed by atoms with van der Waals surface area (Å²) in [5.74, 6) is 1.10. The molecule has 21 heavy (non-hydrogen) atoms. The van der Waals surface area contributed by atoms with E-state index in [1.54, 1.807) is 11.8 Å². The Morgan fingerprint density at radius 1 is 1.29 bits per heavy atom. The quantitative estimate of drug-likeness (QED) is 0.933. The van der Waals surface area contributed by atoms with E-state index in [1.807, 2.05) is 25.1 Å². The standard InChI is InChI=1S/C15H19ClN4S/c1-10(17)12-7-6-11(9-13(12)16)21-15-19-18-14-5-3-2-4-8-20(14)15/h6-7,9-10H,2-5,8,17H2,1H3. The molecule has 0 bridgehead atoms. The number of hydrogen-bond acceptors (Lipinski definition) is 4. The number of halogens is 1. The number of aromatic nitrogens is 3. The van der Waals surface area contributed by atoms with E-state index in [0.29, 0.717) is 5.02 Å². The molecule has 1 aromatic carbocycles. The van der Waals surface area contributed by atoms with Gasteiger partial charge in [0.25, 0.3) is 0 Å². The maximum absolute atomic E-state index is 6.30. The minimum atomic E-state index is -0.0547. The van der Waals surface area contributed by atoms with Gasteiger partial charge in [0.15, 0.2) is 5.16 Å². The summed E-state index contributed by atoms with van der Waals surface area (Å²) in [7, 11) is 0. The largest absolute Gasteiger partial charge is 0.324 e. The van der Waals surface area contributed by atoms with Gasteiger partial charge in [-0.2, -0.15) is 0 Å². The zero-order valence-electron chi connectivity index (χ0n) is 12.1. The van der Waals surface area contributed by atoms with Crippen LogP contribution in [-0.4, -0.2) is 14.8 Å². The molecule has 1 unspecified atom stereocenters. The van der Waals surface area contributed by atoms with Crippen LogP contribution in [0.1, 0.15) is 43.6 Å². The average Bonchev–Trinajstić information content (AvgIpc) is 2.68. The van der Waals surface area contributed by atoms with Gasteiger partial charge in [-0.05, 0) is 49.2 Å². The van der Waals surface area contributed by atoms with Crippen molar-refractivity contribution in [3.63, 3.8) is 0 Å². The SMILES string of the molecule is CC(N)c1ccc(Sc2nnc3n2CCCCC3)cc1Cl. The molecule has 2 aromatic rings. The van der Waals surface area contributed by atoms with Crippen LogP contribution in [0.2, 0.25) is 5.02 Å². The molecule has 2 heterocycles. The third-order valence-corrected chi connectivity index (χ3v) is 5.05. The van der Waals surface area contributed by atoms with E-state index in [0.717, 1.165) is 34.4 Å². The first kappa shape index (κ1) is 14.9. The van der Waals surface area contributed by atoms with Crippen LogP contribution in [0, 0.1) is 0 Å². The Balaban J connectivity index is 1.84. The molecule has 4 nitrogen and oxygen atoms in total. The molecule has 0 spiro atoms. The predicted octanol–water partition coefficient (Wildman–Crippen LogP) is 3.83. The molecule has 0 aliphatic carbocycles. The van der Waals surface area contributed by atoms with Gasteiger partial charge in [0.05, 0.1) is 0 Å². The highest BCUT2D eigenvalue weighted by Gasteiger charge is 2.16. The fraction of sp³-hybridized carbons (Fsp3) is 0.467.